The molecule has 3 N–H and O–H groups in total. The molecule has 4 atom stereocenters. The third-order valence-corrected chi connectivity index (χ3v) is 9.90. The molecule has 5 rings (SSSR count). The SMILES string of the molecule is CC#CNC(=O)C(CCC[C@@H]1SC[C@@H]2NC(=O)N[C@@H]21)C(c1ccccc1)(c1ccc(OC)cc1)c1ccc(OC)cc1. The Kier molecular flexibility index (Phi) is 9.28. The lowest BCUT2D eigenvalue weighted by Crippen LogP contribution is -2.46. The van der Waals surface area contributed by atoms with E-state index in [4.69, 9.17) is 9.47 Å². The number of thioether (sulfide) groups is 1. The second-order valence-electron chi connectivity index (χ2n) is 10.6. The molecule has 0 bridgehead atoms. The average Bonchev–Trinajstić information content (AvgIpc) is 3.59. The van der Waals surface area contributed by atoms with E-state index in [0.29, 0.717) is 11.7 Å². The Bertz CT molecular complexity index is 1390. The second kappa shape index (κ2) is 13.3. The van der Waals surface area contributed by atoms with E-state index in [1.54, 1.807) is 21.1 Å². The molecule has 2 saturated heterocycles. The maximum absolute atomic E-state index is 14.2. The average molecular weight is 584 g/mol. The third-order valence-electron chi connectivity index (χ3n) is 8.39. The lowest BCUT2D eigenvalue weighted by atomic mass is 9.60. The van der Waals surface area contributed by atoms with Crippen LogP contribution in [0.15, 0.2) is 78.9 Å². The van der Waals surface area contributed by atoms with Gasteiger partial charge in [0, 0.05) is 17.0 Å². The first-order valence-corrected chi connectivity index (χ1v) is 15.3. The number of nitrogens with one attached hydrogen (secondary N) is 3. The van der Waals surface area contributed by atoms with Gasteiger partial charge < -0.3 is 20.1 Å². The van der Waals surface area contributed by atoms with Crippen molar-refractivity contribution in [1.29, 1.82) is 0 Å². The molecule has 0 aliphatic carbocycles. The number of hydrogen-bond acceptors (Lipinski definition) is 5. The summed E-state index contributed by atoms with van der Waals surface area (Å²) in [7, 11) is 3.30. The first-order valence-electron chi connectivity index (χ1n) is 14.3. The van der Waals surface area contributed by atoms with E-state index in [9.17, 15) is 9.59 Å². The van der Waals surface area contributed by atoms with Crippen LogP contribution in [0.2, 0.25) is 0 Å². The zero-order chi connectivity index (χ0) is 29.5. The third kappa shape index (κ3) is 5.79. The van der Waals surface area contributed by atoms with E-state index < -0.39 is 11.3 Å². The molecular weight excluding hydrogens is 546 g/mol. The Morgan fingerprint density at radius 2 is 1.55 bits per heavy atom. The fraction of sp³-hybridized carbons (Fsp3) is 0.353. The van der Waals surface area contributed by atoms with Gasteiger partial charge in [0.15, 0.2) is 0 Å². The number of benzene rings is 3. The number of carbonyl (C=O) groups excluding carboxylic acids is 2. The van der Waals surface area contributed by atoms with Gasteiger partial charge in [0.05, 0.1) is 37.6 Å². The van der Waals surface area contributed by atoms with Crippen LogP contribution in [0.1, 0.15) is 42.9 Å². The van der Waals surface area contributed by atoms with Crippen LogP contribution in [0, 0.1) is 17.9 Å². The maximum atomic E-state index is 14.2. The molecule has 8 heteroatoms. The van der Waals surface area contributed by atoms with Crippen molar-refractivity contribution < 1.29 is 19.1 Å². The lowest BCUT2D eigenvalue weighted by molar-refractivity contribution is -0.125. The van der Waals surface area contributed by atoms with Crippen molar-refractivity contribution in [3.05, 3.63) is 95.6 Å². The zero-order valence-electron chi connectivity index (χ0n) is 24.2. The number of hydrogen-bond donors (Lipinski definition) is 3. The Morgan fingerprint density at radius 1 is 0.952 bits per heavy atom. The molecule has 2 aliphatic rings. The van der Waals surface area contributed by atoms with Crippen molar-refractivity contribution in [2.24, 2.45) is 5.92 Å². The highest BCUT2D eigenvalue weighted by Gasteiger charge is 2.48. The van der Waals surface area contributed by atoms with Crippen molar-refractivity contribution in [2.45, 2.75) is 48.9 Å². The van der Waals surface area contributed by atoms with Crippen molar-refractivity contribution in [3.8, 4) is 23.5 Å². The fourth-order valence-electron chi connectivity index (χ4n) is 6.43. The molecule has 42 heavy (non-hydrogen) atoms. The molecule has 7 nitrogen and oxygen atoms in total. The van der Waals surface area contributed by atoms with Gasteiger partial charge in [-0.05, 0) is 60.7 Å². The molecule has 2 heterocycles. The van der Waals surface area contributed by atoms with E-state index in [2.05, 4.69) is 64.3 Å². The summed E-state index contributed by atoms with van der Waals surface area (Å²) in [5.74, 6) is 4.57. The number of ether oxygens (including phenoxy) is 2. The molecule has 3 aromatic carbocycles. The summed E-state index contributed by atoms with van der Waals surface area (Å²) in [6, 6.07) is 29.2. The summed E-state index contributed by atoms with van der Waals surface area (Å²) in [6.07, 6.45) is 2.29. The molecule has 1 unspecified atom stereocenters. The van der Waals surface area contributed by atoms with Crippen LogP contribution in [0.3, 0.4) is 0 Å². The minimum absolute atomic E-state index is 0.0900. The van der Waals surface area contributed by atoms with Gasteiger partial charge in [0.1, 0.15) is 11.5 Å². The molecule has 3 aromatic rings. The van der Waals surface area contributed by atoms with E-state index in [0.717, 1.165) is 46.8 Å². The van der Waals surface area contributed by atoms with Gasteiger partial charge >= 0.3 is 6.03 Å². The summed E-state index contributed by atoms with van der Waals surface area (Å²) in [4.78, 5) is 26.2. The first-order chi connectivity index (χ1) is 20.5. The van der Waals surface area contributed by atoms with Gasteiger partial charge in [-0.15, -0.1) is 0 Å². The Morgan fingerprint density at radius 3 is 2.12 bits per heavy atom. The summed E-state index contributed by atoms with van der Waals surface area (Å²) < 4.78 is 11.0. The van der Waals surface area contributed by atoms with Crippen LogP contribution in [-0.4, -0.2) is 49.2 Å². The zero-order valence-corrected chi connectivity index (χ0v) is 25.0. The standard InChI is InChI=1S/C34H37N3O4S/c1-4-21-35-32(38)28(11-8-12-30-31-29(22-42-30)36-33(39)37-31)34(23-9-6-5-7-10-23,24-13-17-26(40-2)18-14-24)25-15-19-27(41-3)20-16-25/h5-7,9-10,13-20,28-31H,8,11-12,22H2,1-3H3,(H,35,38)(H2,36,37,39)/t28?,29-,30-,31-/m0/s1. The van der Waals surface area contributed by atoms with Crippen molar-refractivity contribution in [3.63, 3.8) is 0 Å². The van der Waals surface area contributed by atoms with Crippen LogP contribution >= 0.6 is 11.8 Å². The van der Waals surface area contributed by atoms with E-state index in [-0.39, 0.29) is 24.0 Å². The largest absolute Gasteiger partial charge is 0.497 e. The summed E-state index contributed by atoms with van der Waals surface area (Å²) >= 11 is 1.89. The van der Waals surface area contributed by atoms with Crippen LogP contribution in [0.5, 0.6) is 11.5 Å². The van der Waals surface area contributed by atoms with Gasteiger partial charge in [-0.1, -0.05) is 66.9 Å². The van der Waals surface area contributed by atoms with E-state index in [1.807, 2.05) is 54.2 Å². The molecule has 0 aromatic heterocycles. The van der Waals surface area contributed by atoms with Gasteiger partial charge in [-0.3, -0.25) is 10.1 Å². The highest BCUT2D eigenvalue weighted by atomic mass is 32.2. The minimum atomic E-state index is -0.839. The number of amides is 3. The quantitative estimate of drug-likeness (QED) is 0.127. The normalized spacial score (nSPS) is 19.9. The fourth-order valence-corrected chi connectivity index (χ4v) is 7.98. The minimum Gasteiger partial charge on any atom is -0.497 e. The molecule has 0 spiro atoms. The van der Waals surface area contributed by atoms with Crippen LogP contribution < -0.4 is 25.4 Å². The molecule has 2 fully saturated rings. The molecule has 2 aliphatic heterocycles. The number of rotatable bonds is 11. The summed E-state index contributed by atoms with van der Waals surface area (Å²) in [5, 5.41) is 9.30. The first kappa shape index (κ1) is 29.4. The predicted octanol–water partition coefficient (Wildman–Crippen LogP) is 5.09. The maximum Gasteiger partial charge on any atom is 0.315 e. The topological polar surface area (TPSA) is 88.7 Å². The Labute approximate surface area is 252 Å². The predicted molar refractivity (Wildman–Crippen MR) is 167 cm³/mol. The molecule has 218 valence electrons. The summed E-state index contributed by atoms with van der Waals surface area (Å²) in [5.41, 5.74) is 2.12. The Hall–Kier alpha value is -4.09. The highest BCUT2D eigenvalue weighted by molar-refractivity contribution is 8.00. The number of methoxy groups -OCH3 is 2. The number of urea groups is 1. The molecule has 3 amide bonds. The highest BCUT2D eigenvalue weighted by Crippen LogP contribution is 2.48. The van der Waals surface area contributed by atoms with Crippen LogP contribution in [0.4, 0.5) is 4.79 Å². The lowest BCUT2D eigenvalue weighted by Gasteiger charge is -2.42. The van der Waals surface area contributed by atoms with Gasteiger partial charge in [-0.2, -0.15) is 11.8 Å². The Balaban J connectivity index is 1.61. The van der Waals surface area contributed by atoms with Gasteiger partial charge in [-0.25, -0.2) is 4.79 Å². The van der Waals surface area contributed by atoms with E-state index in [1.165, 1.54) is 0 Å². The number of fused-ring (bicyclic) bond motifs is 1. The van der Waals surface area contributed by atoms with Crippen LogP contribution in [-0.2, 0) is 10.2 Å². The second-order valence-corrected chi connectivity index (χ2v) is 11.9. The monoisotopic (exact) mass is 583 g/mol. The smallest absolute Gasteiger partial charge is 0.315 e. The molecule has 0 radical (unpaired) electrons. The van der Waals surface area contributed by atoms with Crippen molar-refractivity contribution in [2.75, 3.05) is 20.0 Å². The van der Waals surface area contributed by atoms with E-state index >= 15 is 0 Å². The van der Waals surface area contributed by atoms with Crippen molar-refractivity contribution >= 4 is 23.7 Å². The number of carbonyl (C=O) groups is 2. The molecule has 0 saturated carbocycles. The summed E-state index contributed by atoms with van der Waals surface area (Å²) in [6.45, 7) is 1.71. The van der Waals surface area contributed by atoms with Crippen molar-refractivity contribution in [1.82, 2.24) is 16.0 Å². The van der Waals surface area contributed by atoms with Gasteiger partial charge in [0.25, 0.3) is 0 Å². The molecular formula is C34H37N3O4S. The van der Waals surface area contributed by atoms with Gasteiger partial charge in [0.2, 0.25) is 5.91 Å². The van der Waals surface area contributed by atoms with Crippen LogP contribution in [0.25, 0.3) is 0 Å².